The van der Waals surface area contributed by atoms with E-state index >= 15 is 0 Å². The number of carbonyl (C=O) groups is 2. The van der Waals surface area contributed by atoms with Gasteiger partial charge in [0.25, 0.3) is 27.5 Å². The standard InChI is InChI=1S/C24H22ClN3O5S/c1-24(2,3)15-7-9-17(10-8-15)34(32,33)26-19-12-11-18(25)20-21(19)23(30)27(22(20)29)14-16-6-4-5-13-28(16)31/h4-13H,14H2,1-3H3,(H-,26,30,31)/p+1. The van der Waals surface area contributed by atoms with E-state index in [1.165, 1.54) is 30.5 Å². The van der Waals surface area contributed by atoms with E-state index in [0.717, 1.165) is 15.2 Å². The molecule has 2 N–H and O–H groups in total. The number of sulfonamides is 1. The van der Waals surface area contributed by atoms with Crippen LogP contribution in [0.3, 0.4) is 0 Å². The molecule has 0 spiro atoms. The Balaban J connectivity index is 1.69. The number of nitrogens with zero attached hydrogens (tertiary/aromatic N) is 2. The first-order valence-corrected chi connectivity index (χ1v) is 12.3. The average molecular weight is 501 g/mol. The Morgan fingerprint density at radius 2 is 1.62 bits per heavy atom. The molecule has 0 atom stereocenters. The third kappa shape index (κ3) is 4.24. The number of fused-ring (bicyclic) bond motifs is 1. The summed E-state index contributed by atoms with van der Waals surface area (Å²) in [7, 11) is -4.05. The van der Waals surface area contributed by atoms with Crippen molar-refractivity contribution in [1.82, 2.24) is 4.90 Å². The minimum Gasteiger partial charge on any atom is -0.285 e. The van der Waals surface area contributed by atoms with Gasteiger partial charge in [0.15, 0.2) is 0 Å². The summed E-state index contributed by atoms with van der Waals surface area (Å²) in [4.78, 5) is 27.1. The van der Waals surface area contributed by atoms with E-state index in [1.807, 2.05) is 20.8 Å². The van der Waals surface area contributed by atoms with Gasteiger partial charge in [0, 0.05) is 16.9 Å². The lowest BCUT2D eigenvalue weighted by Gasteiger charge is -2.19. The number of benzene rings is 2. The third-order valence-electron chi connectivity index (χ3n) is 5.59. The Morgan fingerprint density at radius 3 is 2.24 bits per heavy atom. The molecule has 2 heterocycles. The Hall–Kier alpha value is -3.43. The predicted octanol–water partition coefficient (Wildman–Crippen LogP) is 3.76. The van der Waals surface area contributed by atoms with Crippen LogP contribution in [0.4, 0.5) is 5.69 Å². The van der Waals surface area contributed by atoms with E-state index in [0.29, 0.717) is 0 Å². The molecular weight excluding hydrogens is 478 g/mol. The highest BCUT2D eigenvalue weighted by Crippen LogP contribution is 2.36. The molecule has 34 heavy (non-hydrogen) atoms. The molecule has 0 fully saturated rings. The van der Waals surface area contributed by atoms with Crippen LogP contribution in [0.25, 0.3) is 0 Å². The molecule has 10 heteroatoms. The second kappa shape index (κ2) is 8.41. The van der Waals surface area contributed by atoms with Crippen molar-refractivity contribution in [3.63, 3.8) is 0 Å². The fraction of sp³-hybridized carbons (Fsp3) is 0.208. The number of rotatable bonds is 5. The van der Waals surface area contributed by atoms with Crippen molar-refractivity contribution in [2.24, 2.45) is 0 Å². The van der Waals surface area contributed by atoms with Gasteiger partial charge in [-0.15, -0.1) is 0 Å². The Kier molecular flexibility index (Phi) is 5.87. The fourth-order valence-electron chi connectivity index (χ4n) is 3.69. The summed E-state index contributed by atoms with van der Waals surface area (Å²) in [5.41, 5.74) is 0.841. The van der Waals surface area contributed by atoms with Crippen molar-refractivity contribution in [2.45, 2.75) is 37.6 Å². The Bertz CT molecular complexity index is 1410. The smallest absolute Gasteiger partial charge is 0.264 e. The SMILES string of the molecule is CC(C)(C)c1ccc(S(=O)(=O)Nc2ccc(Cl)c3c2C(=O)N(Cc2cccc[n+]2O)C3=O)cc1. The van der Waals surface area contributed by atoms with E-state index in [9.17, 15) is 23.2 Å². The lowest BCUT2D eigenvalue weighted by atomic mass is 9.87. The van der Waals surface area contributed by atoms with Crippen LogP contribution < -0.4 is 9.45 Å². The number of anilines is 1. The van der Waals surface area contributed by atoms with Gasteiger partial charge < -0.3 is 0 Å². The van der Waals surface area contributed by atoms with Crippen molar-refractivity contribution in [3.05, 3.63) is 88.2 Å². The van der Waals surface area contributed by atoms with Gasteiger partial charge in [-0.05, 0) is 41.3 Å². The maximum atomic E-state index is 13.2. The van der Waals surface area contributed by atoms with Gasteiger partial charge in [0.1, 0.15) is 6.54 Å². The van der Waals surface area contributed by atoms with E-state index in [4.69, 9.17) is 11.6 Å². The normalized spacial score (nSPS) is 13.8. The number of hydrogen-bond acceptors (Lipinski definition) is 5. The number of hydrogen-bond donors (Lipinski definition) is 2. The molecule has 176 valence electrons. The molecule has 4 rings (SSSR count). The lowest BCUT2D eigenvalue weighted by Crippen LogP contribution is -2.40. The highest BCUT2D eigenvalue weighted by molar-refractivity contribution is 7.92. The molecule has 8 nitrogen and oxygen atoms in total. The van der Waals surface area contributed by atoms with Crippen LogP contribution in [0, 0.1) is 0 Å². The molecule has 3 aromatic rings. The van der Waals surface area contributed by atoms with Crippen LogP contribution >= 0.6 is 11.6 Å². The van der Waals surface area contributed by atoms with E-state index in [1.54, 1.807) is 30.3 Å². The summed E-state index contributed by atoms with van der Waals surface area (Å²) in [6, 6.07) is 14.0. The lowest BCUT2D eigenvalue weighted by molar-refractivity contribution is -0.910. The number of nitrogens with one attached hydrogen (secondary N) is 1. The van der Waals surface area contributed by atoms with Crippen molar-refractivity contribution in [3.8, 4) is 0 Å². The molecule has 0 saturated carbocycles. The third-order valence-corrected chi connectivity index (χ3v) is 7.29. The van der Waals surface area contributed by atoms with Gasteiger partial charge in [0.2, 0.25) is 6.20 Å². The van der Waals surface area contributed by atoms with Gasteiger partial charge >= 0.3 is 0 Å². The zero-order chi connectivity index (χ0) is 24.8. The first-order valence-electron chi connectivity index (χ1n) is 10.4. The van der Waals surface area contributed by atoms with Crippen LogP contribution in [0.2, 0.25) is 5.02 Å². The molecule has 1 aliphatic heterocycles. The molecular formula is C24H23ClN3O5S+. The second-order valence-electron chi connectivity index (χ2n) is 8.96. The fourth-order valence-corrected chi connectivity index (χ4v) is 5.00. The summed E-state index contributed by atoms with van der Waals surface area (Å²) in [6.45, 7) is 5.84. The van der Waals surface area contributed by atoms with Crippen LogP contribution in [0.5, 0.6) is 0 Å². The Morgan fingerprint density at radius 1 is 0.971 bits per heavy atom. The second-order valence-corrected chi connectivity index (χ2v) is 11.0. The maximum Gasteiger partial charge on any atom is 0.264 e. The summed E-state index contributed by atoms with van der Waals surface area (Å²) in [6.07, 6.45) is 1.37. The quantitative estimate of drug-likeness (QED) is 0.315. The first-order chi connectivity index (χ1) is 15.9. The van der Waals surface area contributed by atoms with Gasteiger partial charge in [-0.1, -0.05) is 44.5 Å². The molecule has 0 aliphatic carbocycles. The van der Waals surface area contributed by atoms with Crippen molar-refractivity contribution < 1.29 is 27.9 Å². The number of imide groups is 1. The van der Waals surface area contributed by atoms with Gasteiger partial charge in [-0.25, -0.2) is 8.42 Å². The molecule has 0 unspecified atom stereocenters. The molecule has 1 aromatic heterocycles. The zero-order valence-electron chi connectivity index (χ0n) is 18.7. The summed E-state index contributed by atoms with van der Waals surface area (Å²) < 4.78 is 29.4. The Labute approximate surface area is 202 Å². The first kappa shape index (κ1) is 23.7. The number of amides is 2. The van der Waals surface area contributed by atoms with Crippen LogP contribution in [0.1, 0.15) is 52.7 Å². The summed E-state index contributed by atoms with van der Waals surface area (Å²) >= 11 is 6.22. The largest absolute Gasteiger partial charge is 0.285 e. The predicted molar refractivity (Wildman–Crippen MR) is 125 cm³/mol. The topological polar surface area (TPSA) is 108 Å². The number of carbonyl (C=O) groups excluding carboxylic acids is 2. The van der Waals surface area contributed by atoms with E-state index in [-0.39, 0.29) is 44.4 Å². The summed E-state index contributed by atoms with van der Waals surface area (Å²) in [5.74, 6) is -1.39. The minimum atomic E-state index is -4.05. The van der Waals surface area contributed by atoms with Crippen molar-refractivity contribution >= 4 is 39.1 Å². The molecule has 0 bridgehead atoms. The molecule has 2 amide bonds. The number of pyridine rings is 1. The van der Waals surface area contributed by atoms with Crippen LogP contribution in [0.15, 0.2) is 65.7 Å². The number of halogens is 1. The molecule has 0 saturated heterocycles. The summed E-state index contributed by atoms with van der Waals surface area (Å²) in [5, 5.41) is 9.99. The highest BCUT2D eigenvalue weighted by atomic mass is 35.5. The van der Waals surface area contributed by atoms with Crippen molar-refractivity contribution in [1.29, 1.82) is 0 Å². The van der Waals surface area contributed by atoms with Crippen LogP contribution in [-0.2, 0) is 22.0 Å². The highest BCUT2D eigenvalue weighted by Gasteiger charge is 2.41. The van der Waals surface area contributed by atoms with Crippen molar-refractivity contribution in [2.75, 3.05) is 4.72 Å². The molecule has 0 radical (unpaired) electrons. The van der Waals surface area contributed by atoms with Gasteiger partial charge in [-0.2, -0.15) is 0 Å². The molecule has 1 aliphatic rings. The van der Waals surface area contributed by atoms with E-state index < -0.39 is 21.8 Å². The zero-order valence-corrected chi connectivity index (χ0v) is 20.3. The van der Waals surface area contributed by atoms with E-state index in [2.05, 4.69) is 4.72 Å². The van der Waals surface area contributed by atoms with Gasteiger partial charge in [0.05, 0.1) is 26.7 Å². The molecule has 2 aromatic carbocycles. The minimum absolute atomic E-state index is 0.0171. The maximum absolute atomic E-state index is 13.2. The van der Waals surface area contributed by atoms with Crippen LogP contribution in [-0.4, -0.2) is 30.3 Å². The average Bonchev–Trinajstić information content (AvgIpc) is 3.02. The monoisotopic (exact) mass is 500 g/mol. The number of aromatic nitrogens is 1. The van der Waals surface area contributed by atoms with Gasteiger partial charge in [-0.3, -0.25) is 24.4 Å².